The van der Waals surface area contributed by atoms with Crippen molar-refractivity contribution in [1.29, 1.82) is 0 Å². The molecule has 22 heavy (non-hydrogen) atoms. The van der Waals surface area contributed by atoms with Gasteiger partial charge in [-0.15, -0.1) is 0 Å². The average molecular weight is 317 g/mol. The molecule has 1 saturated carbocycles. The Balaban J connectivity index is 1.75. The summed E-state index contributed by atoms with van der Waals surface area (Å²) in [6.45, 7) is 4.94. The molecule has 0 aromatic heterocycles. The second-order valence-corrected chi connectivity index (χ2v) is 6.92. The number of carbonyl (C=O) groups is 1. The van der Waals surface area contributed by atoms with Crippen LogP contribution in [-0.2, 0) is 11.2 Å². The topological polar surface area (TPSA) is 53.5 Å². The number of ketones is 1. The zero-order valence-corrected chi connectivity index (χ0v) is 14.0. The molecule has 0 heterocycles. The number of rotatable bonds is 4. The fourth-order valence-electron chi connectivity index (χ4n) is 2.71. The first-order valence-corrected chi connectivity index (χ1v) is 8.00. The van der Waals surface area contributed by atoms with E-state index in [-0.39, 0.29) is 11.2 Å². The van der Waals surface area contributed by atoms with Crippen LogP contribution in [0.2, 0.25) is 0 Å². The van der Waals surface area contributed by atoms with Gasteiger partial charge in [0.25, 0.3) is 0 Å². The van der Waals surface area contributed by atoms with Crippen LogP contribution in [0.3, 0.4) is 0 Å². The van der Waals surface area contributed by atoms with E-state index in [1.54, 1.807) is 0 Å². The number of hydrogen-bond donors (Lipinski definition) is 2. The highest BCUT2D eigenvalue weighted by atomic mass is 32.1. The van der Waals surface area contributed by atoms with Crippen LogP contribution in [0, 0.1) is 5.41 Å². The molecule has 0 aliphatic heterocycles. The van der Waals surface area contributed by atoms with Gasteiger partial charge >= 0.3 is 0 Å². The number of hydrogen-bond acceptors (Lipinski definition) is 3. The molecule has 1 fully saturated rings. The second-order valence-electron chi connectivity index (χ2n) is 6.51. The van der Waals surface area contributed by atoms with E-state index in [1.165, 1.54) is 5.56 Å². The Bertz CT molecular complexity index is 567. The predicted octanol–water partition coefficient (Wildman–Crippen LogP) is 2.83. The lowest BCUT2D eigenvalue weighted by Gasteiger charge is -2.29. The quantitative estimate of drug-likeness (QED) is 0.662. The maximum atomic E-state index is 11.7. The molecule has 0 amide bonds. The van der Waals surface area contributed by atoms with Crippen molar-refractivity contribution in [2.75, 3.05) is 6.54 Å². The summed E-state index contributed by atoms with van der Waals surface area (Å²) >= 11 is 5.21. The molecule has 0 bridgehead atoms. The van der Waals surface area contributed by atoms with Crippen molar-refractivity contribution >= 4 is 28.8 Å². The van der Waals surface area contributed by atoms with Gasteiger partial charge in [0.1, 0.15) is 5.78 Å². The van der Waals surface area contributed by atoms with Crippen LogP contribution in [0.4, 0.5) is 0 Å². The minimum Gasteiger partial charge on any atom is -0.361 e. The largest absolute Gasteiger partial charge is 0.361 e. The number of nitrogens with one attached hydrogen (secondary N) is 2. The summed E-state index contributed by atoms with van der Waals surface area (Å²) in [5, 5.41) is 7.93. The van der Waals surface area contributed by atoms with Gasteiger partial charge < -0.3 is 5.32 Å². The van der Waals surface area contributed by atoms with E-state index in [9.17, 15) is 4.79 Å². The van der Waals surface area contributed by atoms with Crippen LogP contribution in [-0.4, -0.2) is 23.2 Å². The maximum Gasteiger partial charge on any atom is 0.186 e. The van der Waals surface area contributed by atoms with Gasteiger partial charge in [-0.1, -0.05) is 44.2 Å². The van der Waals surface area contributed by atoms with E-state index in [1.807, 2.05) is 18.2 Å². The second kappa shape index (κ2) is 7.49. The van der Waals surface area contributed by atoms with Crippen molar-refractivity contribution in [2.24, 2.45) is 10.5 Å². The van der Waals surface area contributed by atoms with E-state index in [4.69, 9.17) is 12.2 Å². The molecule has 1 aromatic rings. The number of thiocarbonyl (C=S) groups is 1. The average Bonchev–Trinajstić information content (AvgIpc) is 2.44. The molecule has 0 spiro atoms. The molecule has 0 atom stereocenters. The first-order chi connectivity index (χ1) is 10.4. The van der Waals surface area contributed by atoms with Gasteiger partial charge in [-0.05, 0) is 36.0 Å². The molecule has 1 aromatic carbocycles. The number of nitrogens with zero attached hydrogens (tertiary/aromatic N) is 1. The molecular formula is C17H23N3OS. The first-order valence-electron chi connectivity index (χ1n) is 7.59. The highest BCUT2D eigenvalue weighted by Crippen LogP contribution is 2.31. The zero-order valence-electron chi connectivity index (χ0n) is 13.2. The van der Waals surface area contributed by atoms with Crippen LogP contribution in [0.1, 0.15) is 38.7 Å². The van der Waals surface area contributed by atoms with E-state index in [0.29, 0.717) is 18.0 Å². The minimum atomic E-state index is -0.00178. The predicted molar refractivity (Wildman–Crippen MR) is 94.0 cm³/mol. The van der Waals surface area contributed by atoms with Crippen molar-refractivity contribution in [1.82, 2.24) is 10.7 Å². The lowest BCUT2D eigenvalue weighted by atomic mass is 9.76. The molecule has 2 N–H and O–H groups in total. The summed E-state index contributed by atoms with van der Waals surface area (Å²) in [5.41, 5.74) is 5.00. The van der Waals surface area contributed by atoms with E-state index in [2.05, 4.69) is 41.8 Å². The molecule has 5 heteroatoms. The van der Waals surface area contributed by atoms with Gasteiger partial charge in [0.15, 0.2) is 5.11 Å². The minimum absolute atomic E-state index is 0.00178. The van der Waals surface area contributed by atoms with Gasteiger partial charge in [-0.25, -0.2) is 0 Å². The Morgan fingerprint density at radius 2 is 2.00 bits per heavy atom. The Morgan fingerprint density at radius 1 is 1.27 bits per heavy atom. The standard InChI is InChI=1S/C17H23N3OS/c1-17(2)11-14(10-15(21)12-17)19-20-16(22)18-9-8-13-6-4-3-5-7-13/h3-7H,8-12H2,1-2H3,(H2,18,20,22)/b19-14+. The fraction of sp³-hybridized carbons (Fsp3) is 0.471. The molecule has 4 nitrogen and oxygen atoms in total. The van der Waals surface area contributed by atoms with Gasteiger partial charge in [0.05, 0.1) is 0 Å². The molecule has 118 valence electrons. The monoisotopic (exact) mass is 317 g/mol. The molecule has 2 rings (SSSR count). The van der Waals surface area contributed by atoms with Crippen molar-refractivity contribution in [3.63, 3.8) is 0 Å². The number of carbonyl (C=O) groups excluding carboxylic acids is 1. The maximum absolute atomic E-state index is 11.7. The number of Topliss-reactive ketones (excluding diaryl/α,β-unsaturated/α-hetero) is 1. The molecule has 1 aliphatic rings. The third kappa shape index (κ3) is 5.56. The smallest absolute Gasteiger partial charge is 0.186 e. The Hall–Kier alpha value is -1.75. The van der Waals surface area contributed by atoms with Gasteiger partial charge in [0.2, 0.25) is 0 Å². The highest BCUT2D eigenvalue weighted by Gasteiger charge is 2.30. The third-order valence-electron chi connectivity index (χ3n) is 3.62. The summed E-state index contributed by atoms with van der Waals surface area (Å²) in [6.07, 6.45) is 2.80. The van der Waals surface area contributed by atoms with Crippen LogP contribution in [0.5, 0.6) is 0 Å². The molecule has 0 saturated heterocycles. The van der Waals surface area contributed by atoms with Gasteiger partial charge in [-0.3, -0.25) is 10.2 Å². The van der Waals surface area contributed by atoms with Crippen LogP contribution in [0.15, 0.2) is 35.4 Å². The Labute approximate surface area is 137 Å². The van der Waals surface area contributed by atoms with Crippen molar-refractivity contribution in [3.8, 4) is 0 Å². The zero-order chi connectivity index (χ0) is 16.0. The fourth-order valence-corrected chi connectivity index (χ4v) is 2.86. The highest BCUT2D eigenvalue weighted by molar-refractivity contribution is 7.80. The third-order valence-corrected chi connectivity index (χ3v) is 3.85. The summed E-state index contributed by atoms with van der Waals surface area (Å²) in [5.74, 6) is 0.250. The molecular weight excluding hydrogens is 294 g/mol. The summed E-state index contributed by atoms with van der Waals surface area (Å²) in [7, 11) is 0. The van der Waals surface area contributed by atoms with Crippen LogP contribution < -0.4 is 10.7 Å². The van der Waals surface area contributed by atoms with Gasteiger partial charge in [-0.2, -0.15) is 5.10 Å². The lowest BCUT2D eigenvalue weighted by molar-refractivity contribution is -0.120. The van der Waals surface area contributed by atoms with E-state index < -0.39 is 0 Å². The lowest BCUT2D eigenvalue weighted by Crippen LogP contribution is -2.36. The van der Waals surface area contributed by atoms with Crippen LogP contribution >= 0.6 is 12.2 Å². The van der Waals surface area contributed by atoms with Crippen molar-refractivity contribution in [3.05, 3.63) is 35.9 Å². The van der Waals surface area contributed by atoms with Crippen LogP contribution in [0.25, 0.3) is 0 Å². The SMILES string of the molecule is CC1(C)CC(=O)C/C(=N\NC(=S)NCCc2ccccc2)C1. The van der Waals surface area contributed by atoms with E-state index in [0.717, 1.165) is 25.1 Å². The molecule has 1 aliphatic carbocycles. The Kier molecular flexibility index (Phi) is 5.66. The van der Waals surface area contributed by atoms with E-state index >= 15 is 0 Å². The number of benzene rings is 1. The van der Waals surface area contributed by atoms with Crippen molar-refractivity contribution in [2.45, 2.75) is 39.5 Å². The summed E-state index contributed by atoms with van der Waals surface area (Å²) < 4.78 is 0. The molecule has 0 radical (unpaired) electrons. The first kappa shape index (κ1) is 16.6. The van der Waals surface area contributed by atoms with Gasteiger partial charge in [0, 0.05) is 25.1 Å². The summed E-state index contributed by atoms with van der Waals surface area (Å²) in [4.78, 5) is 11.7. The Morgan fingerprint density at radius 3 is 2.68 bits per heavy atom. The normalized spacial score (nSPS) is 19.0. The summed E-state index contributed by atoms with van der Waals surface area (Å²) in [6, 6.07) is 10.2. The van der Waals surface area contributed by atoms with Crippen molar-refractivity contribution < 1.29 is 4.79 Å². The number of hydrazone groups is 1. The molecule has 0 unspecified atom stereocenters.